The Morgan fingerprint density at radius 3 is 2.61 bits per heavy atom. The average molecular weight is 252 g/mol. The molecule has 1 fully saturated rings. The fourth-order valence-corrected chi connectivity index (χ4v) is 2.02. The lowest BCUT2D eigenvalue weighted by molar-refractivity contribution is -0.387. The number of benzene rings is 1. The minimum atomic E-state index is -0.723. The molecule has 2 rings (SSSR count). The maximum Gasteiger partial charge on any atom is 0.305 e. The fraction of sp³-hybridized carbons (Fsp3) is 0.417. The first kappa shape index (κ1) is 12.9. The standard InChI is InChI=1S/C12H15FN3O2/c1-14-5-7-15(8-6-14)9-10-3-2-4-11(12(10)13)16(17)18/h2-4H,1,5-9H2. The van der Waals surface area contributed by atoms with E-state index in [1.807, 2.05) is 4.90 Å². The topological polar surface area (TPSA) is 49.6 Å². The molecule has 1 aromatic carbocycles. The number of halogens is 1. The van der Waals surface area contributed by atoms with E-state index in [1.54, 1.807) is 6.07 Å². The zero-order chi connectivity index (χ0) is 13.1. The van der Waals surface area contributed by atoms with Crippen molar-refractivity contribution >= 4 is 5.69 Å². The summed E-state index contributed by atoms with van der Waals surface area (Å²) in [6.07, 6.45) is 0. The van der Waals surface area contributed by atoms with Crippen LogP contribution in [0.15, 0.2) is 18.2 Å². The molecule has 1 aliphatic heterocycles. The van der Waals surface area contributed by atoms with Crippen LogP contribution in [-0.4, -0.2) is 40.9 Å². The number of rotatable bonds is 3. The zero-order valence-corrected chi connectivity index (χ0v) is 10.0. The van der Waals surface area contributed by atoms with E-state index < -0.39 is 16.4 Å². The van der Waals surface area contributed by atoms with Crippen LogP contribution in [0.1, 0.15) is 5.56 Å². The highest BCUT2D eigenvalue weighted by Gasteiger charge is 2.20. The van der Waals surface area contributed by atoms with Crippen molar-refractivity contribution in [2.45, 2.75) is 6.54 Å². The molecule has 0 N–H and O–H groups in total. The van der Waals surface area contributed by atoms with Crippen molar-refractivity contribution in [1.29, 1.82) is 0 Å². The third kappa shape index (κ3) is 2.83. The summed E-state index contributed by atoms with van der Waals surface area (Å²) in [7, 11) is 3.84. The van der Waals surface area contributed by atoms with Crippen molar-refractivity contribution in [2.24, 2.45) is 0 Å². The highest BCUT2D eigenvalue weighted by molar-refractivity contribution is 5.36. The van der Waals surface area contributed by atoms with Gasteiger partial charge >= 0.3 is 5.69 Å². The predicted molar refractivity (Wildman–Crippen MR) is 65.3 cm³/mol. The SMILES string of the molecule is [CH2]N1CCN(Cc2cccc([N+](=O)[O-])c2F)CC1. The predicted octanol–water partition coefficient (Wildman–Crippen LogP) is 1.64. The van der Waals surface area contributed by atoms with Crippen molar-refractivity contribution in [1.82, 2.24) is 9.80 Å². The van der Waals surface area contributed by atoms with Gasteiger partial charge in [-0.05, 0) is 0 Å². The molecular formula is C12H15FN3O2. The summed E-state index contributed by atoms with van der Waals surface area (Å²) in [6, 6.07) is 4.31. The molecule has 1 saturated heterocycles. The van der Waals surface area contributed by atoms with E-state index in [-0.39, 0.29) is 0 Å². The van der Waals surface area contributed by atoms with Gasteiger partial charge in [-0.1, -0.05) is 12.1 Å². The maximum absolute atomic E-state index is 13.9. The van der Waals surface area contributed by atoms with Crippen LogP contribution in [0.25, 0.3) is 0 Å². The summed E-state index contributed by atoms with van der Waals surface area (Å²) in [5.74, 6) is -0.723. The molecular weight excluding hydrogens is 237 g/mol. The summed E-state index contributed by atoms with van der Waals surface area (Å²) in [5.41, 5.74) is -0.0787. The van der Waals surface area contributed by atoms with Crippen LogP contribution in [0.2, 0.25) is 0 Å². The van der Waals surface area contributed by atoms with Gasteiger partial charge in [-0.25, -0.2) is 0 Å². The molecule has 0 aliphatic carbocycles. The molecule has 1 heterocycles. The molecule has 5 nitrogen and oxygen atoms in total. The largest absolute Gasteiger partial charge is 0.305 e. The highest BCUT2D eigenvalue weighted by Crippen LogP contribution is 2.21. The third-order valence-corrected chi connectivity index (χ3v) is 3.11. The summed E-state index contributed by atoms with van der Waals surface area (Å²) in [4.78, 5) is 14.0. The Labute approximate surface area is 105 Å². The van der Waals surface area contributed by atoms with Gasteiger partial charge in [0, 0.05) is 51.4 Å². The van der Waals surface area contributed by atoms with Crippen molar-refractivity contribution in [3.05, 3.63) is 46.7 Å². The summed E-state index contributed by atoms with van der Waals surface area (Å²) in [5, 5.41) is 10.6. The lowest BCUT2D eigenvalue weighted by atomic mass is 10.1. The van der Waals surface area contributed by atoms with Gasteiger partial charge in [0.25, 0.3) is 0 Å². The summed E-state index contributed by atoms with van der Waals surface area (Å²) < 4.78 is 13.9. The Balaban J connectivity index is 2.10. The Morgan fingerprint density at radius 2 is 2.00 bits per heavy atom. The second kappa shape index (κ2) is 5.41. The van der Waals surface area contributed by atoms with E-state index >= 15 is 0 Å². The van der Waals surface area contributed by atoms with Crippen molar-refractivity contribution in [3.63, 3.8) is 0 Å². The van der Waals surface area contributed by atoms with Crippen LogP contribution >= 0.6 is 0 Å². The van der Waals surface area contributed by atoms with Crippen LogP contribution < -0.4 is 0 Å². The number of hydrogen-bond donors (Lipinski definition) is 0. The smallest absolute Gasteiger partial charge is 0.300 e. The summed E-state index contributed by atoms with van der Waals surface area (Å²) >= 11 is 0. The maximum atomic E-state index is 13.9. The lowest BCUT2D eigenvalue weighted by Gasteiger charge is -2.32. The first-order valence-corrected chi connectivity index (χ1v) is 5.77. The van der Waals surface area contributed by atoms with Gasteiger partial charge in [-0.2, -0.15) is 4.39 Å². The van der Waals surface area contributed by atoms with Crippen molar-refractivity contribution < 1.29 is 9.31 Å². The molecule has 0 spiro atoms. The van der Waals surface area contributed by atoms with E-state index in [0.717, 1.165) is 26.2 Å². The Kier molecular flexibility index (Phi) is 3.88. The van der Waals surface area contributed by atoms with Crippen molar-refractivity contribution in [2.75, 3.05) is 26.2 Å². The minimum Gasteiger partial charge on any atom is -0.300 e. The number of nitro groups is 1. The minimum absolute atomic E-state index is 0.377. The molecule has 0 bridgehead atoms. The molecule has 0 saturated carbocycles. The molecule has 1 aromatic rings. The molecule has 0 atom stereocenters. The summed E-state index contributed by atoms with van der Waals surface area (Å²) in [6.45, 7) is 3.66. The third-order valence-electron chi connectivity index (χ3n) is 3.11. The van der Waals surface area contributed by atoms with E-state index in [0.29, 0.717) is 12.1 Å². The average Bonchev–Trinajstić information content (AvgIpc) is 2.34. The number of nitrogens with zero attached hydrogens (tertiary/aromatic N) is 3. The van der Waals surface area contributed by atoms with Gasteiger partial charge in [0.15, 0.2) is 0 Å². The second-order valence-electron chi connectivity index (χ2n) is 4.40. The van der Waals surface area contributed by atoms with E-state index in [2.05, 4.69) is 11.9 Å². The molecule has 0 unspecified atom stereocenters. The molecule has 6 heteroatoms. The molecule has 18 heavy (non-hydrogen) atoms. The number of hydrogen-bond acceptors (Lipinski definition) is 4. The number of piperazine rings is 1. The molecule has 1 radical (unpaired) electrons. The van der Waals surface area contributed by atoms with Crippen molar-refractivity contribution in [3.8, 4) is 0 Å². The van der Waals surface area contributed by atoms with Crippen LogP contribution in [0.5, 0.6) is 0 Å². The Morgan fingerprint density at radius 1 is 1.33 bits per heavy atom. The second-order valence-corrected chi connectivity index (χ2v) is 4.40. The van der Waals surface area contributed by atoms with E-state index in [9.17, 15) is 14.5 Å². The highest BCUT2D eigenvalue weighted by atomic mass is 19.1. The lowest BCUT2D eigenvalue weighted by Crippen LogP contribution is -2.43. The van der Waals surface area contributed by atoms with Gasteiger partial charge < -0.3 is 0 Å². The van der Waals surface area contributed by atoms with Crippen LogP contribution in [-0.2, 0) is 6.54 Å². The van der Waals surface area contributed by atoms with Gasteiger partial charge in [-0.3, -0.25) is 19.9 Å². The van der Waals surface area contributed by atoms with Gasteiger partial charge in [0.2, 0.25) is 5.82 Å². The molecule has 0 aromatic heterocycles. The fourth-order valence-electron chi connectivity index (χ4n) is 2.02. The Hall–Kier alpha value is -1.53. The van der Waals surface area contributed by atoms with Gasteiger partial charge in [-0.15, -0.1) is 0 Å². The van der Waals surface area contributed by atoms with Crippen LogP contribution in [0.4, 0.5) is 10.1 Å². The Bertz CT molecular complexity index is 445. The van der Waals surface area contributed by atoms with Crippen LogP contribution in [0.3, 0.4) is 0 Å². The van der Waals surface area contributed by atoms with Gasteiger partial charge in [0.1, 0.15) is 0 Å². The monoisotopic (exact) mass is 252 g/mol. The number of nitro benzene ring substituents is 1. The zero-order valence-electron chi connectivity index (χ0n) is 10.0. The quantitative estimate of drug-likeness (QED) is 0.606. The van der Waals surface area contributed by atoms with Crippen LogP contribution in [0, 0.1) is 23.0 Å². The first-order chi connectivity index (χ1) is 8.58. The normalized spacial score (nSPS) is 17.9. The van der Waals surface area contributed by atoms with E-state index in [4.69, 9.17) is 0 Å². The first-order valence-electron chi connectivity index (χ1n) is 5.77. The molecule has 1 aliphatic rings. The van der Waals surface area contributed by atoms with E-state index in [1.165, 1.54) is 12.1 Å². The molecule has 97 valence electrons. The molecule has 0 amide bonds. The van der Waals surface area contributed by atoms with Gasteiger partial charge in [0.05, 0.1) is 4.92 Å².